The number of nitrogens with zero attached hydrogens (tertiary/aromatic N) is 2. The highest BCUT2D eigenvalue weighted by Gasteiger charge is 2.27. The Bertz CT molecular complexity index is 1080. The fraction of sp³-hybridized carbons (Fsp3) is 0.316. The van der Waals surface area contributed by atoms with Gasteiger partial charge in [0, 0.05) is 18.8 Å². The zero-order valence-corrected chi connectivity index (χ0v) is 18.0. The number of morpholine rings is 1. The number of sulfonamides is 2. The van der Waals surface area contributed by atoms with Gasteiger partial charge in [-0.15, -0.1) is 0 Å². The van der Waals surface area contributed by atoms with E-state index in [0.29, 0.717) is 18.9 Å². The number of ether oxygens (including phenoxy) is 1. The second-order valence-electron chi connectivity index (χ2n) is 6.69. The highest BCUT2D eigenvalue weighted by atomic mass is 32.2. The molecule has 0 unspecified atom stereocenters. The maximum atomic E-state index is 12.7. The average Bonchev–Trinajstić information content (AvgIpc) is 2.73. The highest BCUT2D eigenvalue weighted by molar-refractivity contribution is 7.92. The van der Waals surface area contributed by atoms with Crippen LogP contribution in [0.3, 0.4) is 0 Å². The first kappa shape index (κ1) is 22.2. The van der Waals surface area contributed by atoms with Gasteiger partial charge in [-0.25, -0.2) is 16.8 Å². The highest BCUT2D eigenvalue weighted by Crippen LogP contribution is 2.23. The first-order valence-corrected chi connectivity index (χ1v) is 12.5. The zero-order chi connectivity index (χ0) is 21.8. The lowest BCUT2D eigenvalue weighted by atomic mass is 10.3. The van der Waals surface area contributed by atoms with Crippen molar-refractivity contribution in [2.75, 3.05) is 48.7 Å². The summed E-state index contributed by atoms with van der Waals surface area (Å²) in [6, 6.07) is 14.1. The van der Waals surface area contributed by atoms with Crippen LogP contribution in [0.1, 0.15) is 0 Å². The Labute approximate surface area is 176 Å². The van der Waals surface area contributed by atoms with E-state index in [1.807, 2.05) is 0 Å². The molecule has 0 aliphatic carbocycles. The number of anilines is 2. The molecule has 0 radical (unpaired) electrons. The van der Waals surface area contributed by atoms with Crippen LogP contribution in [0.5, 0.6) is 0 Å². The van der Waals surface area contributed by atoms with E-state index < -0.39 is 32.5 Å². The number of benzene rings is 2. The van der Waals surface area contributed by atoms with Crippen LogP contribution in [0.2, 0.25) is 0 Å². The van der Waals surface area contributed by atoms with Crippen LogP contribution in [-0.2, 0) is 29.6 Å². The molecule has 1 amide bonds. The third-order valence-electron chi connectivity index (χ3n) is 4.48. The van der Waals surface area contributed by atoms with Crippen LogP contribution in [0.15, 0.2) is 59.5 Å². The zero-order valence-electron chi connectivity index (χ0n) is 16.4. The van der Waals surface area contributed by atoms with E-state index in [2.05, 4.69) is 5.32 Å². The molecule has 1 heterocycles. The van der Waals surface area contributed by atoms with E-state index in [1.165, 1.54) is 28.6 Å². The van der Waals surface area contributed by atoms with E-state index in [1.54, 1.807) is 30.3 Å². The molecule has 2 aromatic rings. The molecule has 0 atom stereocenters. The molecule has 162 valence electrons. The minimum absolute atomic E-state index is 0.0512. The van der Waals surface area contributed by atoms with Gasteiger partial charge in [0.15, 0.2) is 0 Å². The second kappa shape index (κ2) is 9.13. The van der Waals surface area contributed by atoms with Crippen molar-refractivity contribution in [1.82, 2.24) is 4.31 Å². The maximum Gasteiger partial charge on any atom is 0.245 e. The van der Waals surface area contributed by atoms with Crippen LogP contribution in [0.4, 0.5) is 11.4 Å². The fourth-order valence-corrected chi connectivity index (χ4v) is 5.24. The van der Waals surface area contributed by atoms with Gasteiger partial charge in [0.2, 0.25) is 26.0 Å². The van der Waals surface area contributed by atoms with Gasteiger partial charge in [-0.2, -0.15) is 4.31 Å². The Morgan fingerprint density at radius 3 is 2.17 bits per heavy atom. The Kier molecular flexibility index (Phi) is 6.76. The maximum absolute atomic E-state index is 12.7. The van der Waals surface area contributed by atoms with Crippen LogP contribution < -0.4 is 9.62 Å². The van der Waals surface area contributed by atoms with Crippen LogP contribution in [0.25, 0.3) is 0 Å². The first-order chi connectivity index (χ1) is 14.2. The lowest BCUT2D eigenvalue weighted by Gasteiger charge is -2.26. The van der Waals surface area contributed by atoms with E-state index in [4.69, 9.17) is 4.74 Å². The fourth-order valence-electron chi connectivity index (χ4n) is 2.97. The molecule has 11 heteroatoms. The number of nitrogens with one attached hydrogen (secondary N) is 1. The summed E-state index contributed by atoms with van der Waals surface area (Å²) in [5, 5.41) is 2.63. The van der Waals surface area contributed by atoms with Gasteiger partial charge in [-0.1, -0.05) is 18.2 Å². The molecule has 0 aromatic heterocycles. The van der Waals surface area contributed by atoms with Crippen LogP contribution >= 0.6 is 0 Å². The van der Waals surface area contributed by atoms with E-state index in [0.717, 1.165) is 10.6 Å². The van der Waals surface area contributed by atoms with Crippen LogP contribution in [0, 0.1) is 0 Å². The van der Waals surface area contributed by atoms with Crippen molar-refractivity contribution in [2.24, 2.45) is 0 Å². The third kappa shape index (κ3) is 5.36. The van der Waals surface area contributed by atoms with Crippen molar-refractivity contribution in [3.63, 3.8) is 0 Å². The first-order valence-electron chi connectivity index (χ1n) is 9.18. The van der Waals surface area contributed by atoms with Crippen LogP contribution in [-0.4, -0.2) is 66.2 Å². The summed E-state index contributed by atoms with van der Waals surface area (Å²) in [5.74, 6) is -0.517. The van der Waals surface area contributed by atoms with Gasteiger partial charge < -0.3 is 10.1 Å². The van der Waals surface area contributed by atoms with Gasteiger partial charge in [-0.05, 0) is 36.4 Å². The minimum Gasteiger partial charge on any atom is -0.379 e. The molecule has 2 aromatic carbocycles. The lowest BCUT2D eigenvalue weighted by molar-refractivity contribution is -0.114. The predicted octanol–water partition coefficient (Wildman–Crippen LogP) is 1.11. The van der Waals surface area contributed by atoms with Crippen molar-refractivity contribution in [3.05, 3.63) is 54.6 Å². The molecule has 3 rings (SSSR count). The Morgan fingerprint density at radius 2 is 1.60 bits per heavy atom. The smallest absolute Gasteiger partial charge is 0.245 e. The minimum atomic E-state index is -3.78. The molecule has 0 bridgehead atoms. The molecular weight excluding hydrogens is 430 g/mol. The monoisotopic (exact) mass is 453 g/mol. The molecule has 1 fully saturated rings. The largest absolute Gasteiger partial charge is 0.379 e. The molecule has 1 saturated heterocycles. The van der Waals surface area contributed by atoms with Crippen molar-refractivity contribution >= 4 is 37.3 Å². The van der Waals surface area contributed by atoms with Gasteiger partial charge in [0.1, 0.15) is 6.54 Å². The van der Waals surface area contributed by atoms with Crippen molar-refractivity contribution in [1.29, 1.82) is 0 Å². The summed E-state index contributed by atoms with van der Waals surface area (Å²) in [5.41, 5.74) is 0.740. The van der Waals surface area contributed by atoms with Crippen molar-refractivity contribution in [3.8, 4) is 0 Å². The third-order valence-corrected chi connectivity index (χ3v) is 7.53. The second-order valence-corrected chi connectivity index (χ2v) is 10.5. The predicted molar refractivity (Wildman–Crippen MR) is 113 cm³/mol. The van der Waals surface area contributed by atoms with E-state index in [-0.39, 0.29) is 23.7 Å². The molecule has 1 N–H and O–H groups in total. The number of carbonyl (C=O) groups excluding carboxylic acids is 1. The average molecular weight is 454 g/mol. The lowest BCUT2D eigenvalue weighted by Crippen LogP contribution is -2.40. The SMILES string of the molecule is CS(=O)(=O)N(CC(=O)Nc1ccccc1)c1ccc(S(=O)(=O)N2CCOCC2)cc1. The number of rotatable bonds is 7. The normalized spacial score (nSPS) is 15.5. The summed E-state index contributed by atoms with van der Waals surface area (Å²) in [7, 11) is -7.48. The Hall–Kier alpha value is -2.47. The molecule has 0 saturated carbocycles. The van der Waals surface area contributed by atoms with Crippen molar-refractivity contribution < 1.29 is 26.4 Å². The standard InChI is InChI=1S/C19H23N3O6S2/c1-29(24,25)22(15-19(23)20-16-5-3-2-4-6-16)17-7-9-18(10-8-17)30(26,27)21-11-13-28-14-12-21/h2-10H,11-15H2,1H3,(H,20,23). The summed E-state index contributed by atoms with van der Waals surface area (Å²) in [4.78, 5) is 12.4. The van der Waals surface area contributed by atoms with Gasteiger partial charge in [0.25, 0.3) is 0 Å². The van der Waals surface area contributed by atoms with Gasteiger partial charge >= 0.3 is 0 Å². The summed E-state index contributed by atoms with van der Waals surface area (Å²) in [6.45, 7) is 0.743. The van der Waals surface area contributed by atoms with E-state index in [9.17, 15) is 21.6 Å². The molecule has 30 heavy (non-hydrogen) atoms. The van der Waals surface area contributed by atoms with Gasteiger partial charge in [-0.3, -0.25) is 9.10 Å². The number of amides is 1. The molecular formula is C19H23N3O6S2. The molecule has 9 nitrogen and oxygen atoms in total. The number of hydrogen-bond acceptors (Lipinski definition) is 6. The molecule has 1 aliphatic rings. The number of carbonyl (C=O) groups is 1. The number of para-hydroxylation sites is 1. The van der Waals surface area contributed by atoms with Gasteiger partial charge in [0.05, 0.1) is 30.1 Å². The summed E-state index contributed by atoms with van der Waals surface area (Å²) in [6.07, 6.45) is 0.987. The molecule has 0 spiro atoms. The Morgan fingerprint density at radius 1 is 1.00 bits per heavy atom. The molecule has 1 aliphatic heterocycles. The topological polar surface area (TPSA) is 113 Å². The summed E-state index contributed by atoms with van der Waals surface area (Å²) < 4.78 is 57.4. The Balaban J connectivity index is 1.79. The summed E-state index contributed by atoms with van der Waals surface area (Å²) >= 11 is 0. The van der Waals surface area contributed by atoms with Crippen molar-refractivity contribution in [2.45, 2.75) is 4.90 Å². The quantitative estimate of drug-likeness (QED) is 0.672. The number of hydrogen-bond donors (Lipinski definition) is 1. The van der Waals surface area contributed by atoms with E-state index >= 15 is 0 Å².